The van der Waals surface area contributed by atoms with Crippen molar-refractivity contribution in [3.8, 4) is 0 Å². The third-order valence-electron chi connectivity index (χ3n) is 11.3. The van der Waals surface area contributed by atoms with Gasteiger partial charge in [0, 0.05) is 5.25 Å². The lowest BCUT2D eigenvalue weighted by atomic mass is 9.47. The van der Waals surface area contributed by atoms with E-state index in [0.29, 0.717) is 16.1 Å². The normalized spacial score (nSPS) is 39.5. The summed E-state index contributed by atoms with van der Waals surface area (Å²) >= 11 is 7.95. The van der Waals surface area contributed by atoms with Crippen molar-refractivity contribution in [3.63, 3.8) is 0 Å². The summed E-state index contributed by atoms with van der Waals surface area (Å²) < 4.78 is 0. The van der Waals surface area contributed by atoms with Crippen molar-refractivity contribution in [2.75, 3.05) is 0 Å². The number of unbranched alkanes of at least 4 members (excludes halogenated alkanes) is 5. The van der Waals surface area contributed by atoms with Crippen LogP contribution < -0.4 is 0 Å². The minimum atomic E-state index is -0.347. The number of halogens is 1. The van der Waals surface area contributed by atoms with Gasteiger partial charge in [-0.2, -0.15) is 0 Å². The number of alkyl halides is 1. The molecule has 4 aliphatic rings. The van der Waals surface area contributed by atoms with E-state index < -0.39 is 0 Å². The summed E-state index contributed by atoms with van der Waals surface area (Å²) in [6.07, 6.45) is 23.4. The minimum Gasteiger partial charge on any atom is -0.286 e. The molecule has 200 valence electrons. The molecule has 0 spiro atoms. The predicted octanol–water partition coefficient (Wildman–Crippen LogP) is 10.2. The lowest BCUT2D eigenvalue weighted by Crippen LogP contribution is -2.50. The maximum absolute atomic E-state index is 12.7. The van der Waals surface area contributed by atoms with Gasteiger partial charge in [-0.1, -0.05) is 96.6 Å². The molecular weight excluding hydrogens is 468 g/mol. The van der Waals surface area contributed by atoms with Crippen LogP contribution in [0.4, 0.5) is 0 Å². The van der Waals surface area contributed by atoms with Crippen molar-refractivity contribution in [3.05, 3.63) is 11.6 Å². The molecule has 3 fully saturated rings. The third-order valence-corrected chi connectivity index (χ3v) is 13.3. The highest BCUT2D eigenvalue weighted by atomic mass is 35.5. The summed E-state index contributed by atoms with van der Waals surface area (Å²) in [5, 5.41) is 0.279. The number of thioether (sulfide) groups is 1. The Morgan fingerprint density at radius 3 is 2.51 bits per heavy atom. The van der Waals surface area contributed by atoms with Crippen molar-refractivity contribution < 1.29 is 4.79 Å². The zero-order chi connectivity index (χ0) is 25.2. The van der Waals surface area contributed by atoms with Gasteiger partial charge in [-0.15, -0.1) is 11.6 Å². The molecule has 0 unspecified atom stereocenters. The molecular formula is C32H53ClOS. The van der Waals surface area contributed by atoms with E-state index in [1.165, 1.54) is 89.9 Å². The van der Waals surface area contributed by atoms with E-state index >= 15 is 0 Å². The Morgan fingerprint density at radius 2 is 1.77 bits per heavy atom. The van der Waals surface area contributed by atoms with E-state index in [2.05, 4.69) is 40.7 Å². The Balaban J connectivity index is 1.36. The van der Waals surface area contributed by atoms with Crippen molar-refractivity contribution >= 4 is 28.5 Å². The van der Waals surface area contributed by atoms with Gasteiger partial charge in [-0.25, -0.2) is 0 Å². The Bertz CT molecular complexity index is 761. The number of carbonyl (C=O) groups is 1. The van der Waals surface area contributed by atoms with Crippen molar-refractivity contribution in [1.82, 2.24) is 0 Å². The summed E-state index contributed by atoms with van der Waals surface area (Å²) in [5.41, 5.74) is 2.66. The minimum absolute atomic E-state index is 0.195. The molecule has 0 amide bonds. The summed E-state index contributed by atoms with van der Waals surface area (Å²) in [4.78, 5) is 12.7. The highest BCUT2D eigenvalue weighted by Crippen LogP contribution is 2.67. The van der Waals surface area contributed by atoms with E-state index in [1.54, 1.807) is 17.3 Å². The van der Waals surface area contributed by atoms with Gasteiger partial charge in [0.05, 0.1) is 0 Å². The molecule has 0 aliphatic heterocycles. The number of allylic oxidation sites excluding steroid dienone is 2. The second kappa shape index (κ2) is 11.8. The van der Waals surface area contributed by atoms with Crippen molar-refractivity contribution in [2.24, 2.45) is 40.4 Å². The first-order chi connectivity index (χ1) is 16.7. The molecule has 0 radical (unpaired) electrons. The fraction of sp³-hybridized carbons (Fsp3) is 0.906. The zero-order valence-electron chi connectivity index (χ0n) is 23.4. The lowest BCUT2D eigenvalue weighted by molar-refractivity contribution is -0.111. The Hall–Kier alpha value is 0.0500. The van der Waals surface area contributed by atoms with Crippen molar-refractivity contribution in [1.29, 1.82) is 0 Å². The maximum Gasteiger partial charge on any atom is 0.207 e. The first-order valence-corrected chi connectivity index (χ1v) is 16.6. The summed E-state index contributed by atoms with van der Waals surface area (Å²) in [6.45, 7) is 11.7. The molecule has 0 saturated heterocycles. The average molecular weight is 521 g/mol. The van der Waals surface area contributed by atoms with E-state index in [-0.39, 0.29) is 16.4 Å². The summed E-state index contributed by atoms with van der Waals surface area (Å²) in [5.74, 6) is 3.90. The van der Waals surface area contributed by atoms with Gasteiger partial charge in [0.25, 0.3) is 0 Å². The third kappa shape index (κ3) is 5.74. The van der Waals surface area contributed by atoms with Crippen LogP contribution in [0.25, 0.3) is 0 Å². The molecule has 3 saturated carbocycles. The SMILES string of the molecule is CCCCCCCC[C@H]1CC[C@H]2[C@@H]3CC=C4C[C@@H](SC(=O)[C@H](Cl)C(C)C)CC[C@]4(C)[C@H]3CC[C@]12C. The Labute approximate surface area is 226 Å². The van der Waals surface area contributed by atoms with Crippen LogP contribution in [-0.2, 0) is 4.79 Å². The molecule has 4 aliphatic carbocycles. The van der Waals surface area contributed by atoms with E-state index in [9.17, 15) is 4.79 Å². The fourth-order valence-electron chi connectivity index (χ4n) is 8.98. The van der Waals surface area contributed by atoms with Crippen LogP contribution in [0.2, 0.25) is 0 Å². The maximum atomic E-state index is 12.7. The summed E-state index contributed by atoms with van der Waals surface area (Å²) in [6, 6.07) is 0. The topological polar surface area (TPSA) is 17.1 Å². The predicted molar refractivity (Wildman–Crippen MR) is 154 cm³/mol. The molecule has 8 atom stereocenters. The van der Waals surface area contributed by atoms with Gasteiger partial charge in [0.15, 0.2) is 0 Å². The van der Waals surface area contributed by atoms with Crippen LogP contribution in [0.5, 0.6) is 0 Å². The van der Waals surface area contributed by atoms with E-state index in [1.807, 2.05) is 0 Å². The average Bonchev–Trinajstić information content (AvgIpc) is 3.17. The smallest absolute Gasteiger partial charge is 0.207 e. The molecule has 35 heavy (non-hydrogen) atoms. The molecule has 0 heterocycles. The molecule has 0 aromatic carbocycles. The van der Waals surface area contributed by atoms with Crippen LogP contribution in [-0.4, -0.2) is 15.7 Å². The monoisotopic (exact) mass is 520 g/mol. The molecule has 0 N–H and O–H groups in total. The van der Waals surface area contributed by atoms with Gasteiger partial charge in [-0.3, -0.25) is 4.79 Å². The second-order valence-electron chi connectivity index (χ2n) is 13.6. The molecule has 0 aromatic heterocycles. The molecule has 0 aromatic rings. The standard InChI is InChI=1S/C32H53ClOS/c1-6-7-8-9-10-11-12-23-14-16-27-26-15-13-24-21-25(35-30(34)29(33)22(2)3)17-19-32(24,5)28(26)18-20-31(23,27)4/h13,22-23,25-29H,6-12,14-21H2,1-5H3/t23-,25-,26-,27-,28-,29+,31+,32-/m0/s1. The van der Waals surface area contributed by atoms with Crippen LogP contribution in [0.15, 0.2) is 11.6 Å². The van der Waals surface area contributed by atoms with Crippen LogP contribution >= 0.6 is 23.4 Å². The van der Waals surface area contributed by atoms with Gasteiger partial charge in [0.1, 0.15) is 5.38 Å². The van der Waals surface area contributed by atoms with Gasteiger partial charge < -0.3 is 0 Å². The van der Waals surface area contributed by atoms with Gasteiger partial charge >= 0.3 is 0 Å². The quantitative estimate of drug-likeness (QED) is 0.162. The number of fused-ring (bicyclic) bond motifs is 5. The largest absolute Gasteiger partial charge is 0.286 e. The Kier molecular flexibility index (Phi) is 9.49. The van der Waals surface area contributed by atoms with E-state index in [4.69, 9.17) is 11.6 Å². The number of hydrogen-bond acceptors (Lipinski definition) is 2. The first-order valence-electron chi connectivity index (χ1n) is 15.2. The van der Waals surface area contributed by atoms with Gasteiger partial charge in [-0.05, 0) is 98.2 Å². The zero-order valence-corrected chi connectivity index (χ0v) is 25.0. The highest BCUT2D eigenvalue weighted by Gasteiger charge is 2.58. The van der Waals surface area contributed by atoms with E-state index in [0.717, 1.165) is 30.1 Å². The van der Waals surface area contributed by atoms with Crippen molar-refractivity contribution in [2.45, 2.75) is 142 Å². The summed E-state index contributed by atoms with van der Waals surface area (Å²) in [7, 11) is 0. The highest BCUT2D eigenvalue weighted by molar-refractivity contribution is 8.14. The van der Waals surface area contributed by atoms with Crippen LogP contribution in [0, 0.1) is 40.4 Å². The molecule has 4 rings (SSSR count). The Morgan fingerprint density at radius 1 is 1.03 bits per heavy atom. The van der Waals surface area contributed by atoms with Crippen LogP contribution in [0.1, 0.15) is 131 Å². The van der Waals surface area contributed by atoms with Gasteiger partial charge in [0.2, 0.25) is 5.12 Å². The molecule has 0 bridgehead atoms. The second-order valence-corrected chi connectivity index (χ2v) is 15.4. The van der Waals surface area contributed by atoms with Crippen LogP contribution in [0.3, 0.4) is 0 Å². The first kappa shape index (κ1) is 28.1. The number of rotatable bonds is 10. The lowest BCUT2D eigenvalue weighted by Gasteiger charge is -2.58. The molecule has 1 nitrogen and oxygen atoms in total. The fourth-order valence-corrected chi connectivity index (χ4v) is 10.4. The number of hydrogen-bond donors (Lipinski definition) is 0. The molecule has 3 heteroatoms. The number of carbonyl (C=O) groups excluding carboxylic acids is 1.